The maximum atomic E-state index is 5.60. The van der Waals surface area contributed by atoms with Gasteiger partial charge in [0.2, 0.25) is 0 Å². The minimum Gasteiger partial charge on any atom is -0.494 e. The molecular weight excluding hydrogens is 222 g/mol. The predicted octanol–water partition coefficient (Wildman–Crippen LogP) is 4.35. The number of hydrogen-bond donors (Lipinski definition) is 0. The first-order valence-corrected chi connectivity index (χ1v) is 7.15. The van der Waals surface area contributed by atoms with Crippen LogP contribution < -0.4 is 9.64 Å². The SMILES string of the molecule is CCCOc1ccc(N(CC)CCC(C)C)cc1. The maximum absolute atomic E-state index is 5.60. The van der Waals surface area contributed by atoms with Crippen molar-refractivity contribution in [1.82, 2.24) is 0 Å². The molecule has 18 heavy (non-hydrogen) atoms. The molecule has 102 valence electrons. The molecule has 0 fully saturated rings. The molecule has 0 aliphatic heterocycles. The van der Waals surface area contributed by atoms with Gasteiger partial charge in [-0.1, -0.05) is 20.8 Å². The zero-order valence-electron chi connectivity index (χ0n) is 12.3. The minimum atomic E-state index is 0.756. The summed E-state index contributed by atoms with van der Waals surface area (Å²) in [5.41, 5.74) is 1.29. The molecule has 0 atom stereocenters. The molecule has 0 radical (unpaired) electrons. The van der Waals surface area contributed by atoms with E-state index in [-0.39, 0.29) is 0 Å². The van der Waals surface area contributed by atoms with Gasteiger partial charge in [-0.15, -0.1) is 0 Å². The van der Waals surface area contributed by atoms with Crippen LogP contribution in [-0.2, 0) is 0 Å². The summed E-state index contributed by atoms with van der Waals surface area (Å²) in [5, 5.41) is 0. The molecule has 1 aromatic carbocycles. The summed E-state index contributed by atoms with van der Waals surface area (Å²) >= 11 is 0. The van der Waals surface area contributed by atoms with Gasteiger partial charge in [-0.25, -0.2) is 0 Å². The van der Waals surface area contributed by atoms with Gasteiger partial charge in [0.25, 0.3) is 0 Å². The highest BCUT2D eigenvalue weighted by Gasteiger charge is 2.05. The number of benzene rings is 1. The quantitative estimate of drug-likeness (QED) is 0.679. The number of nitrogens with zero attached hydrogens (tertiary/aromatic N) is 1. The third kappa shape index (κ3) is 4.99. The van der Waals surface area contributed by atoms with E-state index in [1.807, 2.05) is 0 Å². The van der Waals surface area contributed by atoms with Crippen LogP contribution in [0.2, 0.25) is 0 Å². The molecule has 0 saturated carbocycles. The highest BCUT2D eigenvalue weighted by molar-refractivity contribution is 5.48. The van der Waals surface area contributed by atoms with Gasteiger partial charge in [0.1, 0.15) is 5.75 Å². The smallest absolute Gasteiger partial charge is 0.119 e. The van der Waals surface area contributed by atoms with Crippen molar-refractivity contribution in [2.75, 3.05) is 24.6 Å². The number of anilines is 1. The first-order chi connectivity index (χ1) is 8.67. The first-order valence-electron chi connectivity index (χ1n) is 7.15. The van der Waals surface area contributed by atoms with Crippen LogP contribution in [0.15, 0.2) is 24.3 Å². The maximum Gasteiger partial charge on any atom is 0.119 e. The van der Waals surface area contributed by atoms with Gasteiger partial charge in [-0.05, 0) is 49.9 Å². The van der Waals surface area contributed by atoms with E-state index in [9.17, 15) is 0 Å². The Morgan fingerprint density at radius 1 is 1.11 bits per heavy atom. The van der Waals surface area contributed by atoms with Crippen molar-refractivity contribution in [2.24, 2.45) is 5.92 Å². The van der Waals surface area contributed by atoms with Crippen LogP contribution in [0.25, 0.3) is 0 Å². The van der Waals surface area contributed by atoms with Crippen molar-refractivity contribution in [3.8, 4) is 5.75 Å². The molecule has 0 saturated heterocycles. The monoisotopic (exact) mass is 249 g/mol. The Kier molecular flexibility index (Phi) is 6.63. The number of rotatable bonds is 8. The summed E-state index contributed by atoms with van der Waals surface area (Å²) in [6.45, 7) is 11.9. The molecule has 1 rings (SSSR count). The Morgan fingerprint density at radius 3 is 2.28 bits per heavy atom. The Morgan fingerprint density at radius 2 is 1.78 bits per heavy atom. The molecule has 1 aromatic rings. The summed E-state index contributed by atoms with van der Waals surface area (Å²) in [5.74, 6) is 1.73. The molecule has 2 nitrogen and oxygen atoms in total. The van der Waals surface area contributed by atoms with Crippen LogP contribution in [0, 0.1) is 5.92 Å². The van der Waals surface area contributed by atoms with Crippen LogP contribution in [-0.4, -0.2) is 19.7 Å². The minimum absolute atomic E-state index is 0.756. The third-order valence-corrected chi connectivity index (χ3v) is 3.03. The second-order valence-corrected chi connectivity index (χ2v) is 5.10. The molecule has 0 amide bonds. The molecule has 0 unspecified atom stereocenters. The summed E-state index contributed by atoms with van der Waals surface area (Å²) in [4.78, 5) is 2.42. The zero-order valence-corrected chi connectivity index (χ0v) is 12.3. The lowest BCUT2D eigenvalue weighted by molar-refractivity contribution is 0.317. The van der Waals surface area contributed by atoms with Gasteiger partial charge in [-0.3, -0.25) is 0 Å². The standard InChI is InChI=1S/C16H27NO/c1-5-13-18-16-9-7-15(8-10-16)17(6-2)12-11-14(3)4/h7-10,14H,5-6,11-13H2,1-4H3. The lowest BCUT2D eigenvalue weighted by Crippen LogP contribution is -2.24. The Hall–Kier alpha value is -1.18. The van der Waals surface area contributed by atoms with Crippen molar-refractivity contribution in [2.45, 2.75) is 40.5 Å². The van der Waals surface area contributed by atoms with Gasteiger partial charge in [0.15, 0.2) is 0 Å². The van der Waals surface area contributed by atoms with Crippen molar-refractivity contribution >= 4 is 5.69 Å². The molecular formula is C16H27NO. The molecule has 0 aliphatic carbocycles. The molecule has 0 N–H and O–H groups in total. The third-order valence-electron chi connectivity index (χ3n) is 3.03. The van der Waals surface area contributed by atoms with Crippen LogP contribution in [0.5, 0.6) is 5.75 Å². The van der Waals surface area contributed by atoms with Crippen molar-refractivity contribution in [1.29, 1.82) is 0 Å². The summed E-state index contributed by atoms with van der Waals surface area (Å²) in [6, 6.07) is 8.47. The second-order valence-electron chi connectivity index (χ2n) is 5.10. The van der Waals surface area contributed by atoms with Crippen LogP contribution >= 0.6 is 0 Å². The van der Waals surface area contributed by atoms with E-state index in [0.717, 1.165) is 37.8 Å². The van der Waals surface area contributed by atoms with Gasteiger partial charge in [0.05, 0.1) is 6.61 Å². The molecule has 0 heterocycles. The fraction of sp³-hybridized carbons (Fsp3) is 0.625. The molecule has 0 spiro atoms. The molecule has 2 heteroatoms. The average Bonchev–Trinajstić information content (AvgIpc) is 2.38. The van der Waals surface area contributed by atoms with E-state index in [2.05, 4.69) is 56.9 Å². The van der Waals surface area contributed by atoms with E-state index in [1.54, 1.807) is 0 Å². The lowest BCUT2D eigenvalue weighted by Gasteiger charge is -2.24. The van der Waals surface area contributed by atoms with Crippen molar-refractivity contribution < 1.29 is 4.74 Å². The normalized spacial score (nSPS) is 10.7. The van der Waals surface area contributed by atoms with Crippen molar-refractivity contribution in [3.63, 3.8) is 0 Å². The topological polar surface area (TPSA) is 12.5 Å². The van der Waals surface area contributed by atoms with Gasteiger partial charge >= 0.3 is 0 Å². The Balaban J connectivity index is 2.57. The summed E-state index contributed by atoms with van der Waals surface area (Å²) in [6.07, 6.45) is 2.29. The first kappa shape index (κ1) is 14.9. The van der Waals surface area contributed by atoms with Crippen LogP contribution in [0.1, 0.15) is 40.5 Å². The van der Waals surface area contributed by atoms with Crippen molar-refractivity contribution in [3.05, 3.63) is 24.3 Å². The number of ether oxygens (including phenoxy) is 1. The van der Waals surface area contributed by atoms with E-state index in [4.69, 9.17) is 4.74 Å². The van der Waals surface area contributed by atoms with Gasteiger partial charge < -0.3 is 9.64 Å². The van der Waals surface area contributed by atoms with Crippen LogP contribution in [0.3, 0.4) is 0 Å². The van der Waals surface area contributed by atoms with E-state index in [0.29, 0.717) is 0 Å². The zero-order chi connectivity index (χ0) is 13.4. The Bertz CT molecular complexity index is 318. The predicted molar refractivity (Wildman–Crippen MR) is 79.6 cm³/mol. The fourth-order valence-corrected chi connectivity index (χ4v) is 1.86. The average molecular weight is 249 g/mol. The fourth-order valence-electron chi connectivity index (χ4n) is 1.86. The van der Waals surface area contributed by atoms with Crippen LogP contribution in [0.4, 0.5) is 5.69 Å². The highest BCUT2D eigenvalue weighted by atomic mass is 16.5. The molecule has 0 bridgehead atoms. The summed E-state index contributed by atoms with van der Waals surface area (Å²) < 4.78 is 5.60. The highest BCUT2D eigenvalue weighted by Crippen LogP contribution is 2.20. The lowest BCUT2D eigenvalue weighted by atomic mass is 10.1. The van der Waals surface area contributed by atoms with E-state index >= 15 is 0 Å². The summed E-state index contributed by atoms with van der Waals surface area (Å²) in [7, 11) is 0. The van der Waals surface area contributed by atoms with E-state index in [1.165, 1.54) is 12.1 Å². The Labute approximate surface area is 112 Å². The largest absolute Gasteiger partial charge is 0.494 e. The van der Waals surface area contributed by atoms with Gasteiger partial charge in [-0.2, -0.15) is 0 Å². The van der Waals surface area contributed by atoms with E-state index < -0.39 is 0 Å². The molecule has 0 aliphatic rings. The molecule has 0 aromatic heterocycles. The number of hydrogen-bond acceptors (Lipinski definition) is 2. The second kappa shape index (κ2) is 8.02. The van der Waals surface area contributed by atoms with Gasteiger partial charge in [0, 0.05) is 18.8 Å².